The van der Waals surface area contributed by atoms with E-state index in [0.29, 0.717) is 16.9 Å². The van der Waals surface area contributed by atoms with Crippen LogP contribution in [0.5, 0.6) is 0 Å². The van der Waals surface area contributed by atoms with Crippen LogP contribution in [0.4, 0.5) is 11.5 Å². The summed E-state index contributed by atoms with van der Waals surface area (Å²) in [4.78, 5) is 21.9. The third-order valence-electron chi connectivity index (χ3n) is 4.67. The maximum absolute atomic E-state index is 12.8. The van der Waals surface area contributed by atoms with E-state index < -0.39 is 5.97 Å². The molecule has 0 spiro atoms. The number of ether oxygens (including phenoxy) is 2. The van der Waals surface area contributed by atoms with Crippen molar-refractivity contribution >= 4 is 28.5 Å². The lowest BCUT2D eigenvalue weighted by molar-refractivity contribution is 0.0157. The molecule has 1 fully saturated rings. The van der Waals surface area contributed by atoms with Crippen LogP contribution in [-0.2, 0) is 9.47 Å². The molecule has 6 heteroatoms. The van der Waals surface area contributed by atoms with Gasteiger partial charge in [0.15, 0.2) is 11.5 Å². The SMILES string of the molecule is Cc1cc(C)cc(Nc2nc3ccccc3nc2C(=O)OC[C@@H]2CCCO2)c1. The molecule has 3 aromatic rings. The van der Waals surface area contributed by atoms with Gasteiger partial charge in [0.05, 0.1) is 17.1 Å². The van der Waals surface area contributed by atoms with Crippen LogP contribution in [0.2, 0.25) is 0 Å². The summed E-state index contributed by atoms with van der Waals surface area (Å²) < 4.78 is 11.0. The molecular formula is C22H23N3O3. The average Bonchev–Trinajstić information content (AvgIpc) is 3.18. The molecule has 1 N–H and O–H groups in total. The second-order valence-corrected chi connectivity index (χ2v) is 7.14. The summed E-state index contributed by atoms with van der Waals surface area (Å²) in [7, 11) is 0. The molecule has 0 bridgehead atoms. The number of aryl methyl sites for hydroxylation is 2. The van der Waals surface area contributed by atoms with E-state index in [1.807, 2.05) is 50.2 Å². The molecule has 6 nitrogen and oxygen atoms in total. The standard InChI is InChI=1S/C22H23N3O3/c1-14-10-15(2)12-16(11-14)23-21-20(22(26)28-13-17-6-5-9-27-17)24-18-7-3-4-8-19(18)25-21/h3-4,7-8,10-12,17H,5-6,9,13H2,1-2H3,(H,23,25)/t17-/m0/s1. The number of esters is 1. The summed E-state index contributed by atoms with van der Waals surface area (Å²) in [6.07, 6.45) is 1.87. The minimum Gasteiger partial charge on any atom is -0.458 e. The molecule has 0 amide bonds. The van der Waals surface area contributed by atoms with Crippen molar-refractivity contribution in [3.8, 4) is 0 Å². The first kappa shape index (κ1) is 18.4. The molecule has 2 heterocycles. The summed E-state index contributed by atoms with van der Waals surface area (Å²) in [6.45, 7) is 5.01. The topological polar surface area (TPSA) is 73.3 Å². The lowest BCUT2D eigenvalue weighted by Gasteiger charge is -2.14. The number of carbonyl (C=O) groups is 1. The maximum atomic E-state index is 12.8. The van der Waals surface area contributed by atoms with Crippen molar-refractivity contribution in [1.29, 1.82) is 0 Å². The van der Waals surface area contributed by atoms with Crippen LogP contribution in [-0.4, -0.2) is 35.3 Å². The lowest BCUT2D eigenvalue weighted by Crippen LogP contribution is -2.19. The fraction of sp³-hybridized carbons (Fsp3) is 0.318. The highest BCUT2D eigenvalue weighted by Crippen LogP contribution is 2.24. The number of anilines is 2. The van der Waals surface area contributed by atoms with Crippen LogP contribution in [0.3, 0.4) is 0 Å². The van der Waals surface area contributed by atoms with Gasteiger partial charge in [0.2, 0.25) is 0 Å². The van der Waals surface area contributed by atoms with Gasteiger partial charge in [-0.3, -0.25) is 0 Å². The number of nitrogens with one attached hydrogen (secondary N) is 1. The fourth-order valence-electron chi connectivity index (χ4n) is 3.43. The molecule has 1 aliphatic heterocycles. The van der Waals surface area contributed by atoms with E-state index >= 15 is 0 Å². The van der Waals surface area contributed by atoms with Crippen molar-refractivity contribution < 1.29 is 14.3 Å². The van der Waals surface area contributed by atoms with Gasteiger partial charge in [-0.2, -0.15) is 0 Å². The van der Waals surface area contributed by atoms with Gasteiger partial charge in [0.25, 0.3) is 0 Å². The molecule has 4 rings (SSSR count). The summed E-state index contributed by atoms with van der Waals surface area (Å²) in [6, 6.07) is 13.6. The minimum absolute atomic E-state index is 0.0341. The van der Waals surface area contributed by atoms with E-state index in [-0.39, 0.29) is 18.4 Å². The van der Waals surface area contributed by atoms with E-state index in [1.54, 1.807) is 0 Å². The van der Waals surface area contributed by atoms with Gasteiger partial charge in [-0.15, -0.1) is 0 Å². The second-order valence-electron chi connectivity index (χ2n) is 7.14. The average molecular weight is 377 g/mol. The van der Waals surface area contributed by atoms with Crippen LogP contribution in [0.1, 0.15) is 34.5 Å². The van der Waals surface area contributed by atoms with Crippen molar-refractivity contribution in [1.82, 2.24) is 9.97 Å². The van der Waals surface area contributed by atoms with E-state index in [9.17, 15) is 4.79 Å². The Kier molecular flexibility index (Phi) is 5.21. The summed E-state index contributed by atoms with van der Waals surface area (Å²) >= 11 is 0. The number of hydrogen-bond acceptors (Lipinski definition) is 6. The molecule has 0 saturated carbocycles. The number of rotatable bonds is 5. The molecule has 2 aromatic carbocycles. The normalized spacial score (nSPS) is 16.3. The molecule has 144 valence electrons. The van der Waals surface area contributed by atoms with Crippen LogP contribution >= 0.6 is 0 Å². The number of hydrogen-bond donors (Lipinski definition) is 1. The lowest BCUT2D eigenvalue weighted by atomic mass is 10.1. The first-order valence-electron chi connectivity index (χ1n) is 9.49. The van der Waals surface area contributed by atoms with Gasteiger partial charge < -0.3 is 14.8 Å². The highest BCUT2D eigenvalue weighted by atomic mass is 16.6. The summed E-state index contributed by atoms with van der Waals surface area (Å²) in [5.74, 6) is -0.110. The van der Waals surface area contributed by atoms with E-state index in [0.717, 1.165) is 36.3 Å². The Morgan fingerprint density at radius 2 is 1.86 bits per heavy atom. The Balaban J connectivity index is 1.66. The Bertz CT molecular complexity index is 993. The fourth-order valence-corrected chi connectivity index (χ4v) is 3.43. The van der Waals surface area contributed by atoms with Gasteiger partial charge in [-0.25, -0.2) is 14.8 Å². The molecule has 1 aliphatic rings. The number of fused-ring (bicyclic) bond motifs is 1. The van der Waals surface area contributed by atoms with Gasteiger partial charge in [0, 0.05) is 12.3 Å². The first-order chi connectivity index (χ1) is 13.6. The minimum atomic E-state index is -0.499. The van der Waals surface area contributed by atoms with Gasteiger partial charge in [-0.05, 0) is 62.1 Å². The monoisotopic (exact) mass is 377 g/mol. The zero-order valence-corrected chi connectivity index (χ0v) is 16.1. The Hall–Kier alpha value is -2.99. The predicted octanol–water partition coefficient (Wildman–Crippen LogP) is 4.33. The van der Waals surface area contributed by atoms with Gasteiger partial charge in [-0.1, -0.05) is 18.2 Å². The molecule has 1 aromatic heterocycles. The highest BCUT2D eigenvalue weighted by Gasteiger charge is 2.22. The van der Waals surface area contributed by atoms with E-state index in [4.69, 9.17) is 9.47 Å². The van der Waals surface area contributed by atoms with E-state index in [2.05, 4.69) is 21.4 Å². The zero-order chi connectivity index (χ0) is 19.5. The maximum Gasteiger partial charge on any atom is 0.360 e. The van der Waals surface area contributed by atoms with Crippen molar-refractivity contribution in [2.45, 2.75) is 32.8 Å². The van der Waals surface area contributed by atoms with Crippen molar-refractivity contribution in [3.63, 3.8) is 0 Å². The van der Waals surface area contributed by atoms with E-state index in [1.165, 1.54) is 0 Å². The number of benzene rings is 2. The highest BCUT2D eigenvalue weighted by molar-refractivity contribution is 5.96. The molecule has 0 aliphatic carbocycles. The van der Waals surface area contributed by atoms with Crippen LogP contribution in [0.25, 0.3) is 11.0 Å². The first-order valence-corrected chi connectivity index (χ1v) is 9.49. The Labute approximate surface area is 163 Å². The molecular weight excluding hydrogens is 354 g/mol. The molecule has 28 heavy (non-hydrogen) atoms. The van der Waals surface area contributed by atoms with Gasteiger partial charge >= 0.3 is 5.97 Å². The summed E-state index contributed by atoms with van der Waals surface area (Å²) in [5.41, 5.74) is 4.64. The third-order valence-corrected chi connectivity index (χ3v) is 4.67. The predicted molar refractivity (Wildman–Crippen MR) is 108 cm³/mol. The molecule has 1 atom stereocenters. The Morgan fingerprint density at radius 3 is 2.54 bits per heavy atom. The quantitative estimate of drug-likeness (QED) is 0.667. The number of aromatic nitrogens is 2. The van der Waals surface area contributed by atoms with Crippen LogP contribution < -0.4 is 5.32 Å². The Morgan fingerprint density at radius 1 is 1.14 bits per heavy atom. The van der Waals surface area contributed by atoms with Crippen molar-refractivity contribution in [3.05, 3.63) is 59.3 Å². The van der Waals surface area contributed by atoms with Crippen LogP contribution in [0.15, 0.2) is 42.5 Å². The summed E-state index contributed by atoms with van der Waals surface area (Å²) in [5, 5.41) is 3.25. The zero-order valence-electron chi connectivity index (χ0n) is 16.1. The largest absolute Gasteiger partial charge is 0.458 e. The number of nitrogens with zero attached hydrogens (tertiary/aromatic N) is 2. The smallest absolute Gasteiger partial charge is 0.360 e. The van der Waals surface area contributed by atoms with Crippen molar-refractivity contribution in [2.75, 3.05) is 18.5 Å². The second kappa shape index (κ2) is 7.94. The third kappa shape index (κ3) is 4.12. The molecule has 0 radical (unpaired) electrons. The van der Waals surface area contributed by atoms with Gasteiger partial charge in [0.1, 0.15) is 6.61 Å². The molecule has 1 saturated heterocycles. The number of carbonyl (C=O) groups excluding carboxylic acids is 1. The molecule has 0 unspecified atom stereocenters. The van der Waals surface area contributed by atoms with Crippen molar-refractivity contribution in [2.24, 2.45) is 0 Å². The number of para-hydroxylation sites is 2. The van der Waals surface area contributed by atoms with Crippen LogP contribution in [0, 0.1) is 13.8 Å².